The molecule has 2 fully saturated rings. The van der Waals surface area contributed by atoms with E-state index in [0.29, 0.717) is 5.56 Å². The Bertz CT molecular complexity index is 858. The van der Waals surface area contributed by atoms with Crippen LogP contribution in [0.1, 0.15) is 36.0 Å². The summed E-state index contributed by atoms with van der Waals surface area (Å²) in [7, 11) is 0. The fourth-order valence-electron chi connectivity index (χ4n) is 4.22. The lowest BCUT2D eigenvalue weighted by atomic mass is 9.81. The summed E-state index contributed by atoms with van der Waals surface area (Å²) >= 11 is 1.78. The highest BCUT2D eigenvalue weighted by atomic mass is 32.2. The highest BCUT2D eigenvalue weighted by Gasteiger charge is 2.33. The molecule has 0 aromatic heterocycles. The van der Waals surface area contributed by atoms with Gasteiger partial charge in [-0.3, -0.25) is 9.59 Å². The maximum absolute atomic E-state index is 12.7. The monoisotopic (exact) mass is 397 g/mol. The minimum atomic E-state index is -0.407. The summed E-state index contributed by atoms with van der Waals surface area (Å²) in [6.45, 7) is 0.814. The van der Waals surface area contributed by atoms with Gasteiger partial charge in [-0.05, 0) is 54.5 Å². The number of amides is 2. The van der Waals surface area contributed by atoms with E-state index in [4.69, 9.17) is 5.73 Å². The second kappa shape index (κ2) is 8.53. The molecule has 2 aliphatic rings. The third-order valence-electron chi connectivity index (χ3n) is 5.98. The van der Waals surface area contributed by atoms with E-state index in [-0.39, 0.29) is 23.8 Å². The van der Waals surface area contributed by atoms with Crippen molar-refractivity contribution in [1.82, 2.24) is 10.2 Å². The van der Waals surface area contributed by atoms with Crippen LogP contribution < -0.4 is 11.1 Å². The minimum absolute atomic E-state index is 0.0244. The molecular weight excluding hydrogens is 370 g/mol. The van der Waals surface area contributed by atoms with Gasteiger partial charge >= 0.3 is 0 Å². The van der Waals surface area contributed by atoms with Gasteiger partial charge in [-0.15, -0.1) is 11.8 Å². The Morgan fingerprint density at radius 3 is 2.54 bits per heavy atom. The van der Waals surface area contributed by atoms with Crippen LogP contribution in [-0.4, -0.2) is 47.0 Å². The molecule has 4 rings (SSSR count). The van der Waals surface area contributed by atoms with Crippen LogP contribution in [0.3, 0.4) is 0 Å². The number of nitrogens with two attached hydrogens (primary N) is 1. The predicted molar refractivity (Wildman–Crippen MR) is 114 cm³/mol. The molecule has 2 amide bonds. The standard InChI is InChI=1S/C22H27N3O2S/c23-20(22(27)25-11-12-28-14-25)16-7-9-19(10-8-16)24-21(26)18-6-5-15-3-1-2-4-17(15)13-18/h1-6,13,16,19-20H,7-12,14,23H2,(H,24,26). The number of benzene rings is 2. The normalized spacial score (nSPS) is 23.5. The number of nitrogens with zero attached hydrogens (tertiary/aromatic N) is 1. The fraction of sp³-hybridized carbons (Fsp3) is 0.455. The van der Waals surface area contributed by atoms with Crippen LogP contribution in [0.2, 0.25) is 0 Å². The number of fused-ring (bicyclic) bond motifs is 1. The van der Waals surface area contributed by atoms with Gasteiger partial charge in [0.05, 0.1) is 11.9 Å². The lowest BCUT2D eigenvalue weighted by Crippen LogP contribution is -2.49. The van der Waals surface area contributed by atoms with Crippen molar-refractivity contribution in [3.63, 3.8) is 0 Å². The molecule has 1 aliphatic heterocycles. The lowest BCUT2D eigenvalue weighted by Gasteiger charge is -2.33. The summed E-state index contributed by atoms with van der Waals surface area (Å²) in [4.78, 5) is 27.0. The Kier molecular flexibility index (Phi) is 5.87. The molecule has 1 heterocycles. The Labute approximate surface area is 170 Å². The molecule has 1 saturated heterocycles. The number of thioether (sulfide) groups is 1. The first-order valence-electron chi connectivity index (χ1n) is 10.0. The molecule has 148 valence electrons. The van der Waals surface area contributed by atoms with Crippen molar-refractivity contribution < 1.29 is 9.59 Å². The predicted octanol–water partition coefficient (Wildman–Crippen LogP) is 2.99. The number of hydrogen-bond acceptors (Lipinski definition) is 4. The van der Waals surface area contributed by atoms with Crippen molar-refractivity contribution in [2.45, 2.75) is 37.8 Å². The topological polar surface area (TPSA) is 75.4 Å². The third-order valence-corrected chi connectivity index (χ3v) is 6.94. The molecule has 5 nitrogen and oxygen atoms in total. The molecule has 0 radical (unpaired) electrons. The van der Waals surface area contributed by atoms with E-state index in [1.54, 1.807) is 11.8 Å². The van der Waals surface area contributed by atoms with E-state index in [1.165, 1.54) is 0 Å². The molecule has 2 aromatic rings. The van der Waals surface area contributed by atoms with Crippen LogP contribution in [0.15, 0.2) is 42.5 Å². The van der Waals surface area contributed by atoms with E-state index >= 15 is 0 Å². The van der Waals surface area contributed by atoms with Gasteiger partial charge < -0.3 is 16.0 Å². The van der Waals surface area contributed by atoms with E-state index in [2.05, 4.69) is 5.32 Å². The highest BCUT2D eigenvalue weighted by Crippen LogP contribution is 2.28. The molecule has 1 atom stereocenters. The van der Waals surface area contributed by atoms with Crippen LogP contribution in [0.25, 0.3) is 10.8 Å². The molecule has 6 heteroatoms. The zero-order valence-corrected chi connectivity index (χ0v) is 16.8. The third kappa shape index (κ3) is 4.18. The quantitative estimate of drug-likeness (QED) is 0.832. The largest absolute Gasteiger partial charge is 0.349 e. The Morgan fingerprint density at radius 1 is 1.07 bits per heavy atom. The number of hydrogen-bond donors (Lipinski definition) is 2. The summed E-state index contributed by atoms with van der Waals surface area (Å²) in [5.41, 5.74) is 6.97. The molecular formula is C22H27N3O2S. The zero-order valence-electron chi connectivity index (χ0n) is 16.0. The summed E-state index contributed by atoms with van der Waals surface area (Å²) in [6.07, 6.45) is 3.52. The fourth-order valence-corrected chi connectivity index (χ4v) is 5.18. The molecule has 2 aromatic carbocycles. The van der Waals surface area contributed by atoms with Gasteiger partial charge in [0.1, 0.15) is 0 Å². The Hall–Kier alpha value is -2.05. The van der Waals surface area contributed by atoms with Gasteiger partial charge in [-0.25, -0.2) is 0 Å². The number of carbonyl (C=O) groups excluding carboxylic acids is 2. The van der Waals surface area contributed by atoms with Gasteiger partial charge in [0.2, 0.25) is 5.91 Å². The van der Waals surface area contributed by atoms with Gasteiger partial charge in [-0.1, -0.05) is 30.3 Å². The van der Waals surface area contributed by atoms with Gasteiger partial charge in [0.25, 0.3) is 5.91 Å². The van der Waals surface area contributed by atoms with Crippen molar-refractivity contribution in [2.24, 2.45) is 11.7 Å². The number of rotatable bonds is 4. The Balaban J connectivity index is 1.31. The van der Waals surface area contributed by atoms with E-state index < -0.39 is 6.04 Å². The van der Waals surface area contributed by atoms with E-state index in [9.17, 15) is 9.59 Å². The molecule has 1 saturated carbocycles. The SMILES string of the molecule is NC(C(=O)N1CCSC1)C1CCC(NC(=O)c2ccc3ccccc3c2)CC1. The van der Waals surface area contributed by atoms with Crippen molar-refractivity contribution in [1.29, 1.82) is 0 Å². The average molecular weight is 398 g/mol. The smallest absolute Gasteiger partial charge is 0.251 e. The second-order valence-corrected chi connectivity index (χ2v) is 8.89. The van der Waals surface area contributed by atoms with Crippen LogP contribution in [0.5, 0.6) is 0 Å². The Morgan fingerprint density at radius 2 is 1.82 bits per heavy atom. The molecule has 3 N–H and O–H groups in total. The molecule has 0 spiro atoms. The summed E-state index contributed by atoms with van der Waals surface area (Å²) < 4.78 is 0. The minimum Gasteiger partial charge on any atom is -0.349 e. The van der Waals surface area contributed by atoms with Crippen LogP contribution in [0, 0.1) is 5.92 Å². The molecule has 1 aliphatic carbocycles. The maximum Gasteiger partial charge on any atom is 0.251 e. The van der Waals surface area contributed by atoms with Gasteiger partial charge in [0, 0.05) is 23.9 Å². The average Bonchev–Trinajstić information content (AvgIpc) is 3.28. The van der Waals surface area contributed by atoms with Crippen molar-refractivity contribution in [3.8, 4) is 0 Å². The van der Waals surface area contributed by atoms with Crippen LogP contribution in [0.4, 0.5) is 0 Å². The van der Waals surface area contributed by atoms with Crippen molar-refractivity contribution >= 4 is 34.3 Å². The molecule has 1 unspecified atom stereocenters. The van der Waals surface area contributed by atoms with E-state index in [0.717, 1.165) is 54.6 Å². The van der Waals surface area contributed by atoms with Crippen molar-refractivity contribution in [3.05, 3.63) is 48.0 Å². The highest BCUT2D eigenvalue weighted by molar-refractivity contribution is 7.99. The first-order chi connectivity index (χ1) is 13.6. The van der Waals surface area contributed by atoms with E-state index in [1.807, 2.05) is 47.4 Å². The second-order valence-electron chi connectivity index (χ2n) is 7.81. The number of carbonyl (C=O) groups is 2. The molecule has 0 bridgehead atoms. The number of nitrogens with one attached hydrogen (secondary N) is 1. The van der Waals surface area contributed by atoms with Crippen LogP contribution >= 0.6 is 11.8 Å². The summed E-state index contributed by atoms with van der Waals surface area (Å²) in [5.74, 6) is 2.06. The van der Waals surface area contributed by atoms with Crippen LogP contribution in [-0.2, 0) is 4.79 Å². The van der Waals surface area contributed by atoms with Crippen molar-refractivity contribution in [2.75, 3.05) is 18.2 Å². The summed E-state index contributed by atoms with van der Waals surface area (Å²) in [6, 6.07) is 13.6. The lowest BCUT2D eigenvalue weighted by molar-refractivity contribution is -0.132. The summed E-state index contributed by atoms with van der Waals surface area (Å²) in [5, 5.41) is 5.37. The van der Waals surface area contributed by atoms with Gasteiger partial charge in [-0.2, -0.15) is 0 Å². The maximum atomic E-state index is 12.7. The first kappa shape index (κ1) is 19.3. The molecule has 28 heavy (non-hydrogen) atoms. The van der Waals surface area contributed by atoms with Gasteiger partial charge in [0.15, 0.2) is 0 Å². The first-order valence-corrected chi connectivity index (χ1v) is 11.2. The zero-order chi connectivity index (χ0) is 19.5.